The fraction of sp³-hybridized carbons (Fsp3) is 1.00. The molecule has 0 bridgehead atoms. The maximum absolute atomic E-state index is 5.03. The van der Waals surface area contributed by atoms with Crippen LogP contribution >= 0.6 is 0 Å². The average Bonchev–Trinajstić information content (AvgIpc) is 2.13. The zero-order valence-electron chi connectivity index (χ0n) is 10.3. The standard InChI is InChI=1S/C12H27NO/c1-5-13-12(3)10-11(2)8-6-7-9-14-4/h11-13H,5-10H2,1-4H3. The van der Waals surface area contributed by atoms with Gasteiger partial charge in [0.25, 0.3) is 0 Å². The molecule has 2 unspecified atom stereocenters. The van der Waals surface area contributed by atoms with E-state index in [-0.39, 0.29) is 0 Å². The lowest BCUT2D eigenvalue weighted by atomic mass is 9.97. The number of ether oxygens (including phenoxy) is 1. The van der Waals surface area contributed by atoms with E-state index in [0.717, 1.165) is 19.1 Å². The van der Waals surface area contributed by atoms with Gasteiger partial charge in [-0.05, 0) is 32.2 Å². The van der Waals surface area contributed by atoms with Gasteiger partial charge in [0.15, 0.2) is 0 Å². The molecule has 0 aliphatic carbocycles. The summed E-state index contributed by atoms with van der Waals surface area (Å²) in [4.78, 5) is 0. The molecular formula is C12H27NO. The molecule has 0 rings (SSSR count). The van der Waals surface area contributed by atoms with Crippen molar-refractivity contribution in [3.8, 4) is 0 Å². The Hall–Kier alpha value is -0.0800. The fourth-order valence-electron chi connectivity index (χ4n) is 1.89. The summed E-state index contributed by atoms with van der Waals surface area (Å²) in [5, 5.41) is 3.45. The minimum atomic E-state index is 0.664. The molecule has 2 atom stereocenters. The first kappa shape index (κ1) is 13.9. The lowest BCUT2D eigenvalue weighted by Gasteiger charge is -2.17. The largest absolute Gasteiger partial charge is 0.385 e. The Balaban J connectivity index is 3.30. The molecule has 0 heterocycles. The summed E-state index contributed by atoms with van der Waals surface area (Å²) in [6.07, 6.45) is 5.13. The van der Waals surface area contributed by atoms with E-state index in [1.807, 2.05) is 0 Å². The van der Waals surface area contributed by atoms with Gasteiger partial charge < -0.3 is 10.1 Å². The zero-order valence-corrected chi connectivity index (χ0v) is 10.3. The van der Waals surface area contributed by atoms with E-state index in [4.69, 9.17) is 4.74 Å². The van der Waals surface area contributed by atoms with Crippen LogP contribution in [-0.4, -0.2) is 26.3 Å². The van der Waals surface area contributed by atoms with Crippen LogP contribution in [0, 0.1) is 5.92 Å². The molecule has 86 valence electrons. The van der Waals surface area contributed by atoms with Crippen LogP contribution in [-0.2, 0) is 4.74 Å². The lowest BCUT2D eigenvalue weighted by molar-refractivity contribution is 0.190. The predicted molar refractivity (Wildman–Crippen MR) is 62.6 cm³/mol. The lowest BCUT2D eigenvalue weighted by Crippen LogP contribution is -2.27. The molecule has 14 heavy (non-hydrogen) atoms. The van der Waals surface area contributed by atoms with Crippen molar-refractivity contribution in [2.75, 3.05) is 20.3 Å². The van der Waals surface area contributed by atoms with Gasteiger partial charge in [0.1, 0.15) is 0 Å². The van der Waals surface area contributed by atoms with Gasteiger partial charge in [-0.2, -0.15) is 0 Å². The van der Waals surface area contributed by atoms with Crippen LogP contribution in [0.25, 0.3) is 0 Å². The van der Waals surface area contributed by atoms with E-state index in [2.05, 4.69) is 26.1 Å². The van der Waals surface area contributed by atoms with Gasteiger partial charge in [-0.15, -0.1) is 0 Å². The molecule has 0 saturated carbocycles. The number of hydrogen-bond donors (Lipinski definition) is 1. The van der Waals surface area contributed by atoms with Crippen molar-refractivity contribution in [3.05, 3.63) is 0 Å². The van der Waals surface area contributed by atoms with Crippen molar-refractivity contribution in [3.63, 3.8) is 0 Å². The molecule has 0 amide bonds. The highest BCUT2D eigenvalue weighted by Crippen LogP contribution is 2.13. The molecule has 0 radical (unpaired) electrons. The van der Waals surface area contributed by atoms with Crippen molar-refractivity contribution < 1.29 is 4.74 Å². The molecule has 0 aromatic carbocycles. The number of methoxy groups -OCH3 is 1. The van der Waals surface area contributed by atoms with E-state index in [1.165, 1.54) is 25.7 Å². The van der Waals surface area contributed by atoms with Gasteiger partial charge in [0.2, 0.25) is 0 Å². The first-order chi connectivity index (χ1) is 6.70. The maximum Gasteiger partial charge on any atom is 0.0462 e. The Morgan fingerprint density at radius 1 is 1.21 bits per heavy atom. The SMILES string of the molecule is CCNC(C)CC(C)CCCCOC. The number of hydrogen-bond acceptors (Lipinski definition) is 2. The molecule has 0 aromatic heterocycles. The predicted octanol–water partition coefficient (Wildman–Crippen LogP) is 2.83. The Morgan fingerprint density at radius 3 is 2.50 bits per heavy atom. The molecule has 0 aliphatic rings. The first-order valence-electron chi connectivity index (χ1n) is 5.93. The smallest absolute Gasteiger partial charge is 0.0462 e. The van der Waals surface area contributed by atoms with E-state index >= 15 is 0 Å². The third-order valence-electron chi connectivity index (χ3n) is 2.60. The summed E-state index contributed by atoms with van der Waals surface area (Å²) >= 11 is 0. The highest BCUT2D eigenvalue weighted by atomic mass is 16.5. The summed E-state index contributed by atoms with van der Waals surface area (Å²) in [7, 11) is 1.77. The molecule has 0 aromatic rings. The Bertz CT molecular complexity index is 117. The third kappa shape index (κ3) is 8.52. The summed E-state index contributed by atoms with van der Waals surface area (Å²) in [6.45, 7) is 8.78. The average molecular weight is 201 g/mol. The van der Waals surface area contributed by atoms with Crippen LogP contribution in [0.4, 0.5) is 0 Å². The maximum atomic E-state index is 5.03. The van der Waals surface area contributed by atoms with Crippen molar-refractivity contribution in [1.29, 1.82) is 0 Å². The van der Waals surface area contributed by atoms with Crippen LogP contribution < -0.4 is 5.32 Å². The Labute approximate surface area is 89.4 Å². The van der Waals surface area contributed by atoms with Crippen LogP contribution in [0.1, 0.15) is 46.5 Å². The highest BCUT2D eigenvalue weighted by Gasteiger charge is 2.06. The first-order valence-corrected chi connectivity index (χ1v) is 5.93. The minimum Gasteiger partial charge on any atom is -0.385 e. The second-order valence-corrected chi connectivity index (χ2v) is 4.29. The molecule has 0 spiro atoms. The van der Waals surface area contributed by atoms with E-state index in [9.17, 15) is 0 Å². The number of unbranched alkanes of at least 4 members (excludes halogenated alkanes) is 1. The summed E-state index contributed by atoms with van der Waals surface area (Å²) in [6, 6.07) is 0.664. The fourth-order valence-corrected chi connectivity index (χ4v) is 1.89. The van der Waals surface area contributed by atoms with Gasteiger partial charge in [-0.1, -0.05) is 26.7 Å². The van der Waals surface area contributed by atoms with E-state index in [0.29, 0.717) is 6.04 Å². The number of nitrogens with one attached hydrogen (secondary N) is 1. The van der Waals surface area contributed by atoms with Crippen molar-refractivity contribution >= 4 is 0 Å². The normalized spacial score (nSPS) is 15.4. The molecule has 2 nitrogen and oxygen atoms in total. The quantitative estimate of drug-likeness (QED) is 0.579. The molecule has 2 heteroatoms. The molecule has 1 N–H and O–H groups in total. The van der Waals surface area contributed by atoms with E-state index < -0.39 is 0 Å². The van der Waals surface area contributed by atoms with Gasteiger partial charge in [-0.25, -0.2) is 0 Å². The topological polar surface area (TPSA) is 21.3 Å². The second-order valence-electron chi connectivity index (χ2n) is 4.29. The summed E-state index contributed by atoms with van der Waals surface area (Å²) < 4.78 is 5.03. The molecular weight excluding hydrogens is 174 g/mol. The van der Waals surface area contributed by atoms with E-state index in [1.54, 1.807) is 7.11 Å². The van der Waals surface area contributed by atoms with Crippen molar-refractivity contribution in [2.45, 2.75) is 52.5 Å². The molecule has 0 saturated heterocycles. The Morgan fingerprint density at radius 2 is 1.93 bits per heavy atom. The van der Waals surface area contributed by atoms with Crippen LogP contribution in [0.15, 0.2) is 0 Å². The van der Waals surface area contributed by atoms with Gasteiger partial charge >= 0.3 is 0 Å². The Kier molecular flexibility index (Phi) is 9.42. The van der Waals surface area contributed by atoms with Gasteiger partial charge in [0, 0.05) is 19.8 Å². The zero-order chi connectivity index (χ0) is 10.8. The molecule has 0 aliphatic heterocycles. The van der Waals surface area contributed by atoms with Crippen LogP contribution in [0.3, 0.4) is 0 Å². The van der Waals surface area contributed by atoms with Gasteiger partial charge in [-0.3, -0.25) is 0 Å². The molecule has 0 fully saturated rings. The monoisotopic (exact) mass is 201 g/mol. The summed E-state index contributed by atoms with van der Waals surface area (Å²) in [5.41, 5.74) is 0. The summed E-state index contributed by atoms with van der Waals surface area (Å²) in [5.74, 6) is 0.834. The number of rotatable bonds is 9. The minimum absolute atomic E-state index is 0.664. The second kappa shape index (κ2) is 9.47. The van der Waals surface area contributed by atoms with Crippen molar-refractivity contribution in [1.82, 2.24) is 5.32 Å². The van der Waals surface area contributed by atoms with Crippen LogP contribution in [0.5, 0.6) is 0 Å². The van der Waals surface area contributed by atoms with Crippen molar-refractivity contribution in [2.24, 2.45) is 5.92 Å². The third-order valence-corrected chi connectivity index (χ3v) is 2.60. The van der Waals surface area contributed by atoms with Gasteiger partial charge in [0.05, 0.1) is 0 Å². The highest BCUT2D eigenvalue weighted by molar-refractivity contribution is 4.64. The van der Waals surface area contributed by atoms with Crippen LogP contribution in [0.2, 0.25) is 0 Å².